The first-order valence-electron chi connectivity index (χ1n) is 7.70. The van der Waals surface area contributed by atoms with Crippen LogP contribution in [0, 0.1) is 0 Å². The Hall–Kier alpha value is -1.48. The number of anilines is 1. The summed E-state index contributed by atoms with van der Waals surface area (Å²) in [5.41, 5.74) is 4.82. The molecule has 0 amide bonds. The van der Waals surface area contributed by atoms with Gasteiger partial charge in [-0.05, 0) is 42.8 Å². The van der Waals surface area contributed by atoms with Crippen LogP contribution >= 0.6 is 0 Å². The van der Waals surface area contributed by atoms with E-state index in [1.54, 1.807) is 5.57 Å². The normalized spacial score (nSPS) is 28.4. The number of nitrogens with zero attached hydrogens (tertiary/aromatic N) is 2. The minimum absolute atomic E-state index is 0.361. The fraction of sp³-hybridized carbons (Fsp3) is 0.529. The van der Waals surface area contributed by atoms with Crippen molar-refractivity contribution in [3.63, 3.8) is 0 Å². The molecule has 2 heterocycles. The van der Waals surface area contributed by atoms with Crippen LogP contribution in [-0.2, 0) is 10.2 Å². The third kappa shape index (κ3) is 1.84. The van der Waals surface area contributed by atoms with Crippen molar-refractivity contribution >= 4 is 5.69 Å². The van der Waals surface area contributed by atoms with Gasteiger partial charge in [0.05, 0.1) is 13.2 Å². The Kier molecular flexibility index (Phi) is 2.77. The molecule has 3 aliphatic rings. The average Bonchev–Trinajstić information content (AvgIpc) is 3.10. The Balaban J connectivity index is 1.53. The summed E-state index contributed by atoms with van der Waals surface area (Å²) in [5.74, 6) is 0. The summed E-state index contributed by atoms with van der Waals surface area (Å²) >= 11 is 0. The second-order valence-electron chi connectivity index (χ2n) is 6.12. The quantitative estimate of drug-likeness (QED) is 0.839. The summed E-state index contributed by atoms with van der Waals surface area (Å²) in [6.45, 7) is 8.26. The molecule has 2 fully saturated rings. The summed E-state index contributed by atoms with van der Waals surface area (Å²) in [7, 11) is 0. The zero-order valence-corrected chi connectivity index (χ0v) is 12.1. The van der Waals surface area contributed by atoms with Crippen LogP contribution in [0.15, 0.2) is 36.0 Å². The van der Waals surface area contributed by atoms with Gasteiger partial charge in [0, 0.05) is 37.3 Å². The first-order chi connectivity index (χ1) is 9.82. The number of hydrogen-bond acceptors (Lipinski definition) is 3. The minimum Gasteiger partial charge on any atom is -0.378 e. The van der Waals surface area contributed by atoms with Gasteiger partial charge < -0.3 is 14.5 Å². The van der Waals surface area contributed by atoms with Crippen molar-refractivity contribution < 1.29 is 4.74 Å². The number of rotatable bonds is 3. The first kappa shape index (κ1) is 12.3. The van der Waals surface area contributed by atoms with Gasteiger partial charge >= 0.3 is 0 Å². The van der Waals surface area contributed by atoms with Crippen LogP contribution in [0.2, 0.25) is 0 Å². The highest BCUT2D eigenvalue weighted by Gasteiger charge is 2.54. The van der Waals surface area contributed by atoms with Crippen LogP contribution in [0.4, 0.5) is 5.69 Å². The van der Waals surface area contributed by atoms with Crippen molar-refractivity contribution in [3.05, 3.63) is 41.6 Å². The monoisotopic (exact) mass is 270 g/mol. The molecule has 1 saturated carbocycles. The van der Waals surface area contributed by atoms with Gasteiger partial charge in [0.25, 0.3) is 0 Å². The maximum Gasteiger partial charge on any atom is 0.0642 e. The SMILES string of the molecule is CCN1C=C2CC2(c2ccc(N3CCOCC3)cc2)C1. The third-order valence-electron chi connectivity index (χ3n) is 5.00. The van der Waals surface area contributed by atoms with Gasteiger partial charge in [-0.15, -0.1) is 0 Å². The Bertz CT molecular complexity index is 530. The second-order valence-corrected chi connectivity index (χ2v) is 6.12. The molecule has 4 rings (SSSR count). The molecule has 0 radical (unpaired) electrons. The molecule has 1 aromatic rings. The molecular weight excluding hydrogens is 248 g/mol. The van der Waals surface area contributed by atoms with Crippen LogP contribution in [0.1, 0.15) is 18.9 Å². The Labute approximate surface area is 120 Å². The number of fused-ring (bicyclic) bond motifs is 1. The minimum atomic E-state index is 0.361. The van der Waals surface area contributed by atoms with E-state index in [1.807, 2.05) is 0 Å². The van der Waals surface area contributed by atoms with E-state index in [4.69, 9.17) is 4.74 Å². The lowest BCUT2D eigenvalue weighted by molar-refractivity contribution is 0.122. The molecular formula is C17H22N2O. The fourth-order valence-electron chi connectivity index (χ4n) is 3.61. The highest BCUT2D eigenvalue weighted by molar-refractivity contribution is 5.57. The molecule has 106 valence electrons. The molecule has 1 unspecified atom stereocenters. The van der Waals surface area contributed by atoms with Crippen LogP contribution < -0.4 is 4.90 Å². The second kappa shape index (κ2) is 4.52. The molecule has 1 atom stereocenters. The van der Waals surface area contributed by atoms with Crippen LogP contribution in [0.3, 0.4) is 0 Å². The summed E-state index contributed by atoms with van der Waals surface area (Å²) in [5, 5.41) is 0. The van der Waals surface area contributed by atoms with Crippen molar-refractivity contribution in [2.75, 3.05) is 44.3 Å². The van der Waals surface area contributed by atoms with Gasteiger partial charge in [0.2, 0.25) is 0 Å². The zero-order chi connectivity index (χ0) is 13.6. The number of benzene rings is 1. The lowest BCUT2D eigenvalue weighted by Gasteiger charge is -2.29. The van der Waals surface area contributed by atoms with E-state index in [0.29, 0.717) is 5.41 Å². The molecule has 0 spiro atoms. The van der Waals surface area contributed by atoms with Crippen molar-refractivity contribution in [1.29, 1.82) is 0 Å². The van der Waals surface area contributed by atoms with Crippen LogP contribution in [0.5, 0.6) is 0 Å². The molecule has 1 aliphatic carbocycles. The van der Waals surface area contributed by atoms with Crippen molar-refractivity contribution in [3.8, 4) is 0 Å². The molecule has 1 saturated heterocycles. The smallest absolute Gasteiger partial charge is 0.0642 e. The zero-order valence-electron chi connectivity index (χ0n) is 12.1. The van der Waals surface area contributed by atoms with Gasteiger partial charge in [0.15, 0.2) is 0 Å². The first-order valence-corrected chi connectivity index (χ1v) is 7.70. The largest absolute Gasteiger partial charge is 0.378 e. The number of likely N-dealkylation sites (N-methyl/N-ethyl adjacent to an activating group) is 1. The standard InChI is InChI=1S/C17H22N2O/c1-2-18-12-15-11-17(15,13-18)14-3-5-16(6-4-14)19-7-9-20-10-8-19/h3-6,12H,2,7-11,13H2,1H3. The molecule has 2 aliphatic heterocycles. The number of morpholine rings is 1. The van der Waals surface area contributed by atoms with Crippen LogP contribution in [-0.4, -0.2) is 44.3 Å². The lowest BCUT2D eigenvalue weighted by Crippen LogP contribution is -2.36. The number of hydrogen-bond donors (Lipinski definition) is 0. The van der Waals surface area contributed by atoms with Crippen molar-refractivity contribution in [1.82, 2.24) is 4.90 Å². The van der Waals surface area contributed by atoms with Gasteiger partial charge in [-0.25, -0.2) is 0 Å². The summed E-state index contributed by atoms with van der Waals surface area (Å²) in [6.07, 6.45) is 3.64. The summed E-state index contributed by atoms with van der Waals surface area (Å²) in [4.78, 5) is 4.86. The Morgan fingerprint density at radius 2 is 1.90 bits per heavy atom. The summed E-state index contributed by atoms with van der Waals surface area (Å²) < 4.78 is 5.42. The van der Waals surface area contributed by atoms with Gasteiger partial charge in [-0.3, -0.25) is 0 Å². The predicted octanol–water partition coefficient (Wildman–Crippen LogP) is 2.38. The summed E-state index contributed by atoms with van der Waals surface area (Å²) in [6, 6.07) is 9.26. The average molecular weight is 270 g/mol. The van der Waals surface area contributed by atoms with E-state index < -0.39 is 0 Å². The molecule has 20 heavy (non-hydrogen) atoms. The molecule has 1 aromatic carbocycles. The van der Waals surface area contributed by atoms with Gasteiger partial charge in [-0.2, -0.15) is 0 Å². The van der Waals surface area contributed by atoms with E-state index in [0.717, 1.165) is 32.8 Å². The van der Waals surface area contributed by atoms with E-state index in [9.17, 15) is 0 Å². The van der Waals surface area contributed by atoms with Gasteiger partial charge in [-0.1, -0.05) is 12.1 Å². The Morgan fingerprint density at radius 1 is 1.15 bits per heavy atom. The van der Waals surface area contributed by atoms with Crippen LogP contribution in [0.25, 0.3) is 0 Å². The van der Waals surface area contributed by atoms with Crippen molar-refractivity contribution in [2.45, 2.75) is 18.8 Å². The maximum absolute atomic E-state index is 5.42. The van der Waals surface area contributed by atoms with E-state index in [2.05, 4.69) is 47.2 Å². The highest BCUT2D eigenvalue weighted by atomic mass is 16.5. The van der Waals surface area contributed by atoms with E-state index in [-0.39, 0.29) is 0 Å². The van der Waals surface area contributed by atoms with E-state index in [1.165, 1.54) is 24.2 Å². The fourth-order valence-corrected chi connectivity index (χ4v) is 3.61. The lowest BCUT2D eigenvalue weighted by atomic mass is 9.95. The highest BCUT2D eigenvalue weighted by Crippen LogP contribution is 2.57. The Morgan fingerprint density at radius 3 is 2.55 bits per heavy atom. The van der Waals surface area contributed by atoms with Crippen molar-refractivity contribution in [2.24, 2.45) is 0 Å². The predicted molar refractivity (Wildman–Crippen MR) is 81.1 cm³/mol. The van der Waals surface area contributed by atoms with Gasteiger partial charge in [0.1, 0.15) is 0 Å². The molecule has 0 N–H and O–H groups in total. The van der Waals surface area contributed by atoms with E-state index >= 15 is 0 Å². The molecule has 0 bridgehead atoms. The topological polar surface area (TPSA) is 15.7 Å². The number of ether oxygens (including phenoxy) is 1. The molecule has 3 nitrogen and oxygen atoms in total. The third-order valence-corrected chi connectivity index (χ3v) is 5.00. The molecule has 0 aromatic heterocycles. The molecule has 3 heteroatoms. The maximum atomic E-state index is 5.42.